The van der Waals surface area contributed by atoms with Crippen molar-refractivity contribution in [3.05, 3.63) is 83.4 Å². The molecule has 0 atom stereocenters. The van der Waals surface area contributed by atoms with Gasteiger partial charge in [-0.25, -0.2) is 9.86 Å². The van der Waals surface area contributed by atoms with Crippen LogP contribution in [0.1, 0.15) is 69.4 Å². The Labute approximate surface area is 243 Å². The average Bonchev–Trinajstić information content (AvgIpc) is 2.90. The molecule has 0 aliphatic heterocycles. The molecule has 0 aromatic heterocycles. The fraction of sp³-hybridized carbons (Fsp3) is 0.424. The molecule has 1 N–H and O–H groups in total. The second-order valence-corrected chi connectivity index (χ2v) is 12.1. The van der Waals surface area contributed by atoms with Crippen LogP contribution in [0.25, 0.3) is 10.8 Å². The standard InChI is InChI=1S/C33H43N3O5/c1-32(2,3)40-31(39)35(22-20-34-30(38)29-15-9-13-27-12-7-8-14-28(27)29)21-10-11-25-16-18-26(19-17-25)23-36(24-37)41-33(4,5)6/h7-9,12-19,24H,10-11,20-23H2,1-6H3,(H,34,38). The molecule has 8 nitrogen and oxygen atoms in total. The number of ether oxygens (including phenoxy) is 1. The number of fused-ring (bicyclic) bond motifs is 1. The zero-order valence-electron chi connectivity index (χ0n) is 25.1. The first-order valence-electron chi connectivity index (χ1n) is 14.1. The number of hydroxylamine groups is 2. The molecule has 41 heavy (non-hydrogen) atoms. The fourth-order valence-electron chi connectivity index (χ4n) is 4.35. The van der Waals surface area contributed by atoms with Gasteiger partial charge in [0.15, 0.2) is 0 Å². The highest BCUT2D eigenvalue weighted by Crippen LogP contribution is 2.19. The van der Waals surface area contributed by atoms with Crippen LogP contribution in [-0.2, 0) is 27.3 Å². The van der Waals surface area contributed by atoms with E-state index in [1.807, 2.05) is 108 Å². The first kappa shape index (κ1) is 31.6. The van der Waals surface area contributed by atoms with Gasteiger partial charge in [0.2, 0.25) is 6.41 Å². The lowest BCUT2D eigenvalue weighted by molar-refractivity contribution is -0.220. The number of hydrogen-bond donors (Lipinski definition) is 1. The van der Waals surface area contributed by atoms with Crippen molar-refractivity contribution in [1.82, 2.24) is 15.3 Å². The third kappa shape index (κ3) is 10.5. The minimum absolute atomic E-state index is 0.174. The Morgan fingerprint density at radius 1 is 0.829 bits per heavy atom. The van der Waals surface area contributed by atoms with E-state index < -0.39 is 17.3 Å². The quantitative estimate of drug-likeness (QED) is 0.212. The van der Waals surface area contributed by atoms with Crippen LogP contribution < -0.4 is 5.32 Å². The number of rotatable bonds is 12. The monoisotopic (exact) mass is 561 g/mol. The lowest BCUT2D eigenvalue weighted by Crippen LogP contribution is -2.42. The molecule has 0 spiro atoms. The van der Waals surface area contributed by atoms with E-state index in [0.717, 1.165) is 34.7 Å². The van der Waals surface area contributed by atoms with Crippen molar-refractivity contribution in [3.63, 3.8) is 0 Å². The van der Waals surface area contributed by atoms with Gasteiger partial charge in [-0.15, -0.1) is 0 Å². The Bertz CT molecular complexity index is 1300. The Hall–Kier alpha value is -3.91. The second-order valence-electron chi connectivity index (χ2n) is 12.1. The van der Waals surface area contributed by atoms with E-state index >= 15 is 0 Å². The smallest absolute Gasteiger partial charge is 0.410 e. The van der Waals surface area contributed by atoms with Gasteiger partial charge in [-0.3, -0.25) is 14.4 Å². The van der Waals surface area contributed by atoms with E-state index in [0.29, 0.717) is 38.2 Å². The minimum Gasteiger partial charge on any atom is -0.444 e. The molecule has 3 aromatic rings. The lowest BCUT2D eigenvalue weighted by atomic mass is 10.0. The molecule has 0 unspecified atom stereocenters. The van der Waals surface area contributed by atoms with Gasteiger partial charge >= 0.3 is 6.09 Å². The van der Waals surface area contributed by atoms with Crippen LogP contribution in [0.15, 0.2) is 66.7 Å². The summed E-state index contributed by atoms with van der Waals surface area (Å²) in [5.74, 6) is -0.174. The summed E-state index contributed by atoms with van der Waals surface area (Å²) < 4.78 is 5.63. The molecule has 0 saturated heterocycles. The van der Waals surface area contributed by atoms with E-state index in [1.54, 1.807) is 4.90 Å². The fourth-order valence-corrected chi connectivity index (χ4v) is 4.35. The van der Waals surface area contributed by atoms with Crippen molar-refractivity contribution in [3.8, 4) is 0 Å². The van der Waals surface area contributed by atoms with Crippen molar-refractivity contribution in [2.45, 2.75) is 72.1 Å². The zero-order valence-corrected chi connectivity index (χ0v) is 25.1. The topological polar surface area (TPSA) is 88.2 Å². The maximum atomic E-state index is 12.9. The van der Waals surface area contributed by atoms with Gasteiger partial charge in [0, 0.05) is 25.2 Å². The molecular formula is C33H43N3O5. The van der Waals surface area contributed by atoms with Crippen LogP contribution in [0.2, 0.25) is 0 Å². The van der Waals surface area contributed by atoms with Crippen LogP contribution in [0, 0.1) is 0 Å². The van der Waals surface area contributed by atoms with E-state index in [4.69, 9.17) is 9.57 Å². The molecule has 0 saturated carbocycles. The summed E-state index contributed by atoms with van der Waals surface area (Å²) >= 11 is 0. The van der Waals surface area contributed by atoms with Gasteiger partial charge in [0.1, 0.15) is 5.60 Å². The highest BCUT2D eigenvalue weighted by molar-refractivity contribution is 6.07. The Morgan fingerprint density at radius 2 is 1.49 bits per heavy atom. The lowest BCUT2D eigenvalue weighted by Gasteiger charge is -2.27. The van der Waals surface area contributed by atoms with E-state index in [1.165, 1.54) is 5.06 Å². The Balaban J connectivity index is 1.56. The van der Waals surface area contributed by atoms with Crippen molar-refractivity contribution in [2.24, 2.45) is 0 Å². The summed E-state index contributed by atoms with van der Waals surface area (Å²) in [6.45, 7) is 12.7. The maximum Gasteiger partial charge on any atom is 0.410 e. The molecule has 0 aliphatic rings. The molecule has 3 aromatic carbocycles. The van der Waals surface area contributed by atoms with Crippen LogP contribution in [0.4, 0.5) is 4.79 Å². The molecule has 0 bridgehead atoms. The van der Waals surface area contributed by atoms with Gasteiger partial charge in [-0.05, 0) is 82.3 Å². The number of benzene rings is 3. The van der Waals surface area contributed by atoms with Gasteiger partial charge in [-0.2, -0.15) is 0 Å². The van der Waals surface area contributed by atoms with Gasteiger partial charge in [-0.1, -0.05) is 60.7 Å². The summed E-state index contributed by atoms with van der Waals surface area (Å²) in [4.78, 5) is 44.6. The third-order valence-corrected chi connectivity index (χ3v) is 6.12. The molecule has 3 amide bonds. The summed E-state index contributed by atoms with van der Waals surface area (Å²) in [7, 11) is 0. The summed E-state index contributed by atoms with van der Waals surface area (Å²) in [6, 6.07) is 21.4. The number of hydrogen-bond acceptors (Lipinski definition) is 5. The Kier molecular flexibility index (Phi) is 10.9. The second kappa shape index (κ2) is 14.1. The van der Waals surface area contributed by atoms with Crippen molar-refractivity contribution < 1.29 is 24.0 Å². The minimum atomic E-state index is -0.622. The van der Waals surface area contributed by atoms with E-state index in [9.17, 15) is 14.4 Å². The van der Waals surface area contributed by atoms with Crippen molar-refractivity contribution >= 4 is 29.2 Å². The normalized spacial score (nSPS) is 11.7. The number of aryl methyl sites for hydroxylation is 1. The third-order valence-electron chi connectivity index (χ3n) is 6.12. The van der Waals surface area contributed by atoms with E-state index in [2.05, 4.69) is 5.32 Å². The summed E-state index contributed by atoms with van der Waals surface area (Å²) in [6.07, 6.45) is 1.77. The first-order valence-corrected chi connectivity index (χ1v) is 14.1. The van der Waals surface area contributed by atoms with Crippen LogP contribution in [0.3, 0.4) is 0 Å². The number of carbonyl (C=O) groups excluding carboxylic acids is 3. The molecule has 8 heteroatoms. The highest BCUT2D eigenvalue weighted by atomic mass is 16.7. The highest BCUT2D eigenvalue weighted by Gasteiger charge is 2.22. The number of nitrogens with zero attached hydrogens (tertiary/aromatic N) is 2. The predicted octanol–water partition coefficient (Wildman–Crippen LogP) is 6.13. The first-order chi connectivity index (χ1) is 19.3. The number of carbonyl (C=O) groups is 3. The number of amides is 3. The van der Waals surface area contributed by atoms with Crippen molar-refractivity contribution in [2.75, 3.05) is 19.6 Å². The predicted molar refractivity (Wildman–Crippen MR) is 161 cm³/mol. The molecule has 0 fully saturated rings. The van der Waals surface area contributed by atoms with Gasteiger partial charge < -0.3 is 15.0 Å². The zero-order chi connectivity index (χ0) is 30.0. The SMILES string of the molecule is CC(C)(C)OC(=O)N(CCCc1ccc(CN(C=O)OC(C)(C)C)cc1)CCNC(=O)c1cccc2ccccc12. The van der Waals surface area contributed by atoms with Gasteiger partial charge in [0.05, 0.1) is 12.1 Å². The molecule has 0 aliphatic carbocycles. The average molecular weight is 562 g/mol. The molecule has 0 radical (unpaired) electrons. The number of nitrogens with one attached hydrogen (secondary N) is 1. The summed E-state index contributed by atoms with van der Waals surface area (Å²) in [5.41, 5.74) is 1.61. The molecular weight excluding hydrogens is 518 g/mol. The van der Waals surface area contributed by atoms with Crippen LogP contribution in [0.5, 0.6) is 0 Å². The van der Waals surface area contributed by atoms with E-state index in [-0.39, 0.29) is 5.91 Å². The maximum absolute atomic E-state index is 12.9. The summed E-state index contributed by atoms with van der Waals surface area (Å²) in [5, 5.41) is 6.15. The Morgan fingerprint density at radius 3 is 2.15 bits per heavy atom. The van der Waals surface area contributed by atoms with Crippen LogP contribution in [-0.4, -0.2) is 59.2 Å². The molecule has 220 valence electrons. The molecule has 3 rings (SSSR count). The molecule has 0 heterocycles. The largest absolute Gasteiger partial charge is 0.444 e. The van der Waals surface area contributed by atoms with Gasteiger partial charge in [0.25, 0.3) is 5.91 Å². The van der Waals surface area contributed by atoms with Crippen LogP contribution >= 0.6 is 0 Å². The van der Waals surface area contributed by atoms with Crippen molar-refractivity contribution in [1.29, 1.82) is 0 Å².